The van der Waals surface area contributed by atoms with Gasteiger partial charge in [-0.3, -0.25) is 14.9 Å². The number of carbonyl (C=O) groups is 1. The van der Waals surface area contributed by atoms with Crippen LogP contribution in [0.1, 0.15) is 21.5 Å². The highest BCUT2D eigenvalue weighted by atomic mass is 79.9. The van der Waals surface area contributed by atoms with Gasteiger partial charge in [0.25, 0.3) is 11.6 Å². The molecule has 0 bridgehead atoms. The number of hydrogen-bond acceptors (Lipinski definition) is 3. The molecule has 2 rings (SSSR count). The molecule has 2 aromatic rings. The van der Waals surface area contributed by atoms with E-state index in [4.69, 9.17) is 0 Å². The van der Waals surface area contributed by atoms with E-state index in [1.807, 2.05) is 19.1 Å². The van der Waals surface area contributed by atoms with E-state index in [1.165, 1.54) is 18.2 Å². The third-order valence-electron chi connectivity index (χ3n) is 3.07. The molecule has 1 N–H and O–H groups in total. The SMILES string of the molecule is Cc1cc(NC(=O)c2ccc([N+](=O)[O-])c(C)c2)ccc1Br. The number of carbonyl (C=O) groups excluding carboxylic acids is 1. The maximum absolute atomic E-state index is 12.2. The van der Waals surface area contributed by atoms with E-state index in [1.54, 1.807) is 13.0 Å². The molecule has 0 atom stereocenters. The number of hydrogen-bond donors (Lipinski definition) is 1. The van der Waals surface area contributed by atoms with Crippen LogP contribution >= 0.6 is 15.9 Å². The summed E-state index contributed by atoms with van der Waals surface area (Å²) in [7, 11) is 0. The second-order valence-corrected chi connectivity index (χ2v) is 5.53. The summed E-state index contributed by atoms with van der Waals surface area (Å²) in [6, 6.07) is 9.79. The molecule has 0 radical (unpaired) electrons. The van der Waals surface area contributed by atoms with Gasteiger partial charge in [-0.25, -0.2) is 0 Å². The fourth-order valence-corrected chi connectivity index (χ4v) is 2.17. The normalized spacial score (nSPS) is 10.2. The van der Waals surface area contributed by atoms with Gasteiger partial charge in [-0.2, -0.15) is 0 Å². The summed E-state index contributed by atoms with van der Waals surface area (Å²) in [6.45, 7) is 3.54. The van der Waals surface area contributed by atoms with Crippen LogP contribution in [-0.4, -0.2) is 10.8 Å². The Bertz CT molecular complexity index is 729. The molecule has 2 aromatic carbocycles. The molecular formula is C15H13BrN2O3. The van der Waals surface area contributed by atoms with Gasteiger partial charge in [-0.05, 0) is 49.7 Å². The number of nitrogens with zero attached hydrogens (tertiary/aromatic N) is 1. The minimum Gasteiger partial charge on any atom is -0.322 e. The van der Waals surface area contributed by atoms with Crippen molar-refractivity contribution in [1.29, 1.82) is 0 Å². The molecule has 1 amide bonds. The standard InChI is InChI=1S/C15H13BrN2O3/c1-9-8-12(4-5-13(9)16)17-15(19)11-3-6-14(18(20)21)10(2)7-11/h3-8H,1-2H3,(H,17,19). The molecule has 0 aromatic heterocycles. The zero-order valence-corrected chi connectivity index (χ0v) is 13.1. The number of aryl methyl sites for hydroxylation is 2. The second-order valence-electron chi connectivity index (χ2n) is 4.68. The highest BCUT2D eigenvalue weighted by Gasteiger charge is 2.14. The van der Waals surface area contributed by atoms with E-state index in [2.05, 4.69) is 21.2 Å². The van der Waals surface area contributed by atoms with Crippen LogP contribution in [0.15, 0.2) is 40.9 Å². The summed E-state index contributed by atoms with van der Waals surface area (Å²) in [5.74, 6) is -0.297. The van der Waals surface area contributed by atoms with Gasteiger partial charge in [-0.1, -0.05) is 15.9 Å². The summed E-state index contributed by atoms with van der Waals surface area (Å²) >= 11 is 3.39. The van der Waals surface area contributed by atoms with E-state index in [-0.39, 0.29) is 11.6 Å². The molecule has 0 aliphatic rings. The molecule has 0 aliphatic heterocycles. The van der Waals surface area contributed by atoms with Gasteiger partial charge in [-0.15, -0.1) is 0 Å². The van der Waals surface area contributed by atoms with Crippen molar-refractivity contribution < 1.29 is 9.72 Å². The predicted octanol–water partition coefficient (Wildman–Crippen LogP) is 4.23. The van der Waals surface area contributed by atoms with Crippen LogP contribution in [0.5, 0.6) is 0 Å². The van der Waals surface area contributed by atoms with Gasteiger partial charge in [0.15, 0.2) is 0 Å². The van der Waals surface area contributed by atoms with Crippen LogP contribution in [-0.2, 0) is 0 Å². The Hall–Kier alpha value is -2.21. The highest BCUT2D eigenvalue weighted by Crippen LogP contribution is 2.22. The first-order valence-corrected chi connectivity index (χ1v) is 7.00. The number of nitrogens with one attached hydrogen (secondary N) is 1. The van der Waals surface area contributed by atoms with Crippen LogP contribution < -0.4 is 5.32 Å². The van der Waals surface area contributed by atoms with E-state index < -0.39 is 4.92 Å². The van der Waals surface area contributed by atoms with Crippen molar-refractivity contribution >= 4 is 33.2 Å². The van der Waals surface area contributed by atoms with Crippen LogP contribution in [0.4, 0.5) is 11.4 Å². The van der Waals surface area contributed by atoms with Crippen LogP contribution in [0.3, 0.4) is 0 Å². The highest BCUT2D eigenvalue weighted by molar-refractivity contribution is 9.10. The van der Waals surface area contributed by atoms with Gasteiger partial charge < -0.3 is 5.32 Å². The Kier molecular flexibility index (Phi) is 4.37. The van der Waals surface area contributed by atoms with Gasteiger partial charge in [0.05, 0.1) is 4.92 Å². The summed E-state index contributed by atoms with van der Waals surface area (Å²) in [4.78, 5) is 22.5. The van der Waals surface area contributed by atoms with Crippen molar-refractivity contribution in [2.24, 2.45) is 0 Å². The van der Waals surface area contributed by atoms with Crippen molar-refractivity contribution in [3.8, 4) is 0 Å². The lowest BCUT2D eigenvalue weighted by Crippen LogP contribution is -2.12. The number of nitro groups is 1. The van der Waals surface area contributed by atoms with Gasteiger partial charge in [0, 0.05) is 27.4 Å². The summed E-state index contributed by atoms with van der Waals surface area (Å²) < 4.78 is 0.965. The molecule has 0 unspecified atom stereocenters. The maximum Gasteiger partial charge on any atom is 0.272 e. The number of amides is 1. The maximum atomic E-state index is 12.2. The average molecular weight is 349 g/mol. The average Bonchev–Trinajstić information content (AvgIpc) is 2.42. The van der Waals surface area contributed by atoms with Gasteiger partial charge >= 0.3 is 0 Å². The fraction of sp³-hybridized carbons (Fsp3) is 0.133. The van der Waals surface area contributed by atoms with Crippen LogP contribution in [0.2, 0.25) is 0 Å². The van der Waals surface area contributed by atoms with Crippen LogP contribution in [0, 0.1) is 24.0 Å². The largest absolute Gasteiger partial charge is 0.322 e. The molecule has 0 saturated carbocycles. The number of benzene rings is 2. The Morgan fingerprint density at radius 3 is 2.43 bits per heavy atom. The smallest absolute Gasteiger partial charge is 0.272 e. The lowest BCUT2D eigenvalue weighted by atomic mass is 10.1. The Morgan fingerprint density at radius 2 is 1.86 bits per heavy atom. The number of rotatable bonds is 3. The lowest BCUT2D eigenvalue weighted by Gasteiger charge is -2.08. The molecule has 21 heavy (non-hydrogen) atoms. The first-order chi connectivity index (χ1) is 9.88. The quantitative estimate of drug-likeness (QED) is 0.666. The molecule has 108 valence electrons. The molecule has 0 heterocycles. The zero-order valence-electron chi connectivity index (χ0n) is 11.5. The minimum absolute atomic E-state index is 0.00559. The van der Waals surface area contributed by atoms with Crippen molar-refractivity contribution in [1.82, 2.24) is 0 Å². The van der Waals surface area contributed by atoms with Gasteiger partial charge in [0.2, 0.25) is 0 Å². The van der Waals surface area contributed by atoms with E-state index in [0.29, 0.717) is 16.8 Å². The molecule has 0 aliphatic carbocycles. The minimum atomic E-state index is -0.463. The lowest BCUT2D eigenvalue weighted by molar-refractivity contribution is -0.385. The molecular weight excluding hydrogens is 336 g/mol. The Morgan fingerprint density at radius 1 is 1.14 bits per heavy atom. The van der Waals surface area contributed by atoms with Crippen molar-refractivity contribution in [3.63, 3.8) is 0 Å². The Balaban J connectivity index is 2.22. The monoisotopic (exact) mass is 348 g/mol. The Labute approximate surface area is 130 Å². The van der Waals surface area contributed by atoms with E-state index in [9.17, 15) is 14.9 Å². The predicted molar refractivity (Wildman–Crippen MR) is 84.7 cm³/mol. The third-order valence-corrected chi connectivity index (χ3v) is 3.96. The zero-order chi connectivity index (χ0) is 15.6. The first kappa shape index (κ1) is 15.2. The molecule has 0 fully saturated rings. The summed E-state index contributed by atoms with van der Waals surface area (Å²) in [6.07, 6.45) is 0. The van der Waals surface area contributed by atoms with Crippen molar-refractivity contribution in [2.75, 3.05) is 5.32 Å². The number of halogens is 1. The first-order valence-electron chi connectivity index (χ1n) is 6.21. The fourth-order valence-electron chi connectivity index (χ4n) is 1.93. The second kappa shape index (κ2) is 6.05. The van der Waals surface area contributed by atoms with Crippen molar-refractivity contribution in [2.45, 2.75) is 13.8 Å². The number of nitro benzene ring substituents is 1. The molecule has 5 nitrogen and oxygen atoms in total. The van der Waals surface area contributed by atoms with Crippen LogP contribution in [0.25, 0.3) is 0 Å². The topological polar surface area (TPSA) is 72.2 Å². The van der Waals surface area contributed by atoms with Gasteiger partial charge in [0.1, 0.15) is 0 Å². The van der Waals surface area contributed by atoms with Crippen molar-refractivity contribution in [3.05, 3.63) is 67.7 Å². The molecule has 6 heteroatoms. The number of anilines is 1. The molecule has 0 saturated heterocycles. The van der Waals surface area contributed by atoms with E-state index in [0.717, 1.165) is 10.0 Å². The summed E-state index contributed by atoms with van der Waals surface area (Å²) in [5.41, 5.74) is 2.54. The molecule has 0 spiro atoms. The third kappa shape index (κ3) is 3.46. The summed E-state index contributed by atoms with van der Waals surface area (Å²) in [5, 5.41) is 13.5. The van der Waals surface area contributed by atoms with E-state index >= 15 is 0 Å².